The Kier molecular flexibility index (Phi) is 5.17. The summed E-state index contributed by atoms with van der Waals surface area (Å²) < 4.78 is 33.0. The summed E-state index contributed by atoms with van der Waals surface area (Å²) in [6, 6.07) is 11.0. The van der Waals surface area contributed by atoms with Crippen molar-refractivity contribution in [1.29, 1.82) is 0 Å². The van der Waals surface area contributed by atoms with Crippen LogP contribution in [-0.2, 0) is 9.53 Å². The molecule has 38 heavy (non-hydrogen) atoms. The van der Waals surface area contributed by atoms with E-state index in [0.29, 0.717) is 18.5 Å². The van der Waals surface area contributed by atoms with E-state index in [0.717, 1.165) is 65.5 Å². The number of amides is 1. The van der Waals surface area contributed by atoms with Crippen LogP contribution in [0.25, 0.3) is 22.2 Å². The molecule has 9 heteroatoms. The van der Waals surface area contributed by atoms with Gasteiger partial charge in [-0.1, -0.05) is 11.2 Å². The van der Waals surface area contributed by atoms with Crippen molar-refractivity contribution in [3.05, 3.63) is 59.5 Å². The molecule has 2 aliphatic heterocycles. The lowest BCUT2D eigenvalue weighted by Gasteiger charge is -2.54. The average molecular weight is 517 g/mol. The van der Waals surface area contributed by atoms with Gasteiger partial charge in [-0.2, -0.15) is 0 Å². The SMILES string of the molecule is COc1ccc(N2C(=O)CCC2c2nc3cc(-c4c(C)noc4C)ccc3n2C2CC3(COC3)C2)cc1F. The maximum Gasteiger partial charge on any atom is 0.227 e. The highest BCUT2D eigenvalue weighted by atomic mass is 19.1. The van der Waals surface area contributed by atoms with Crippen molar-refractivity contribution in [2.24, 2.45) is 5.41 Å². The second-order valence-corrected chi connectivity index (χ2v) is 10.9. The predicted molar refractivity (Wildman–Crippen MR) is 139 cm³/mol. The fourth-order valence-corrected chi connectivity index (χ4v) is 6.59. The topological polar surface area (TPSA) is 82.6 Å². The Morgan fingerprint density at radius 2 is 1.95 bits per heavy atom. The molecule has 0 bridgehead atoms. The number of anilines is 1. The highest BCUT2D eigenvalue weighted by molar-refractivity contribution is 5.96. The molecule has 0 radical (unpaired) electrons. The Hall–Kier alpha value is -3.72. The monoisotopic (exact) mass is 516 g/mol. The summed E-state index contributed by atoms with van der Waals surface area (Å²) in [6.45, 7) is 5.46. The van der Waals surface area contributed by atoms with Crippen molar-refractivity contribution in [3.8, 4) is 16.9 Å². The molecule has 3 fully saturated rings. The van der Waals surface area contributed by atoms with E-state index in [-0.39, 0.29) is 29.2 Å². The van der Waals surface area contributed by atoms with Crippen molar-refractivity contribution in [2.75, 3.05) is 25.2 Å². The molecule has 8 nitrogen and oxygen atoms in total. The summed E-state index contributed by atoms with van der Waals surface area (Å²) >= 11 is 0. The first-order valence-electron chi connectivity index (χ1n) is 13.1. The molecule has 4 aromatic rings. The van der Waals surface area contributed by atoms with Crippen LogP contribution in [-0.4, -0.2) is 40.9 Å². The van der Waals surface area contributed by atoms with Gasteiger partial charge < -0.3 is 23.5 Å². The average Bonchev–Trinajstić information content (AvgIpc) is 3.51. The lowest BCUT2D eigenvalue weighted by Crippen LogP contribution is -2.52. The van der Waals surface area contributed by atoms with Crippen LogP contribution in [0.4, 0.5) is 10.1 Å². The van der Waals surface area contributed by atoms with Crippen LogP contribution in [0, 0.1) is 25.1 Å². The lowest BCUT2D eigenvalue weighted by molar-refractivity contribution is -0.174. The van der Waals surface area contributed by atoms with Crippen LogP contribution in [0.1, 0.15) is 55.0 Å². The predicted octanol–water partition coefficient (Wildman–Crippen LogP) is 5.68. The number of hydrogen-bond donors (Lipinski definition) is 0. The van der Waals surface area contributed by atoms with E-state index in [9.17, 15) is 9.18 Å². The molecule has 1 saturated carbocycles. The van der Waals surface area contributed by atoms with Crippen LogP contribution in [0.2, 0.25) is 0 Å². The molecule has 3 aliphatic rings. The fourth-order valence-electron chi connectivity index (χ4n) is 6.59. The van der Waals surface area contributed by atoms with Crippen LogP contribution < -0.4 is 9.64 Å². The quantitative estimate of drug-likeness (QED) is 0.340. The fraction of sp³-hybridized carbons (Fsp3) is 0.414. The van der Waals surface area contributed by atoms with Gasteiger partial charge >= 0.3 is 0 Å². The summed E-state index contributed by atoms with van der Waals surface area (Å²) in [7, 11) is 1.43. The molecule has 1 spiro atoms. The number of imidazole rings is 1. The standard InChI is InChI=1S/C29H29FN4O4/c1-16-27(17(2)38-32-16)18-4-6-23-22(10-18)31-28(34(23)20-12-29(13-20)14-37-15-29)24-7-9-26(35)33(24)19-5-8-25(36-3)21(30)11-19/h4-6,8,10-11,20,24H,7,9,12-15H2,1-3H3. The first kappa shape index (κ1) is 23.4. The number of ether oxygens (including phenoxy) is 2. The largest absolute Gasteiger partial charge is 0.494 e. The normalized spacial score (nSPS) is 20.8. The van der Waals surface area contributed by atoms with Gasteiger partial charge in [0.2, 0.25) is 5.91 Å². The van der Waals surface area contributed by atoms with Crippen molar-refractivity contribution < 1.29 is 23.2 Å². The number of hydrogen-bond acceptors (Lipinski definition) is 6. The van der Waals surface area contributed by atoms with Crippen LogP contribution >= 0.6 is 0 Å². The van der Waals surface area contributed by atoms with Gasteiger partial charge in [0.05, 0.1) is 43.1 Å². The van der Waals surface area contributed by atoms with Gasteiger partial charge in [0.25, 0.3) is 0 Å². The van der Waals surface area contributed by atoms with E-state index in [1.54, 1.807) is 17.0 Å². The number of fused-ring (bicyclic) bond motifs is 1. The molecule has 196 valence electrons. The van der Waals surface area contributed by atoms with Gasteiger partial charge in [0, 0.05) is 35.2 Å². The second-order valence-electron chi connectivity index (χ2n) is 10.9. The summed E-state index contributed by atoms with van der Waals surface area (Å²) in [5.74, 6) is 1.23. The van der Waals surface area contributed by atoms with E-state index in [2.05, 4.69) is 27.9 Å². The summed E-state index contributed by atoms with van der Waals surface area (Å²) in [6.07, 6.45) is 3.05. The van der Waals surface area contributed by atoms with E-state index >= 15 is 0 Å². The molecule has 2 aromatic carbocycles. The Bertz CT molecular complexity index is 1560. The van der Waals surface area contributed by atoms with Crippen LogP contribution in [0.5, 0.6) is 5.75 Å². The Balaban J connectivity index is 1.35. The number of aromatic nitrogens is 3. The van der Waals surface area contributed by atoms with Crippen LogP contribution in [0.3, 0.4) is 0 Å². The Morgan fingerprint density at radius 3 is 2.61 bits per heavy atom. The smallest absolute Gasteiger partial charge is 0.227 e. The summed E-state index contributed by atoms with van der Waals surface area (Å²) in [5.41, 5.74) is 5.49. The molecule has 1 amide bonds. The molecule has 1 unspecified atom stereocenters. The lowest BCUT2D eigenvalue weighted by atomic mass is 9.64. The minimum Gasteiger partial charge on any atom is -0.494 e. The number of aryl methyl sites for hydroxylation is 2. The van der Waals surface area contributed by atoms with Crippen molar-refractivity contribution >= 4 is 22.6 Å². The van der Waals surface area contributed by atoms with Crippen molar-refractivity contribution in [2.45, 2.75) is 51.6 Å². The molecule has 7 rings (SSSR count). The summed E-state index contributed by atoms with van der Waals surface area (Å²) in [5, 5.41) is 4.12. The number of methoxy groups -OCH3 is 1. The molecular weight excluding hydrogens is 487 g/mol. The third kappa shape index (κ3) is 3.41. The first-order chi connectivity index (χ1) is 18.4. The van der Waals surface area contributed by atoms with Gasteiger partial charge in [-0.15, -0.1) is 0 Å². The molecule has 1 aliphatic carbocycles. The zero-order valence-corrected chi connectivity index (χ0v) is 21.7. The van der Waals surface area contributed by atoms with Crippen LogP contribution in [0.15, 0.2) is 40.9 Å². The number of benzene rings is 2. The minimum atomic E-state index is -0.494. The number of halogens is 1. The Morgan fingerprint density at radius 1 is 1.13 bits per heavy atom. The third-order valence-corrected chi connectivity index (χ3v) is 8.48. The molecule has 2 saturated heterocycles. The van der Waals surface area contributed by atoms with E-state index in [1.807, 2.05) is 13.8 Å². The minimum absolute atomic E-state index is 0.0351. The van der Waals surface area contributed by atoms with E-state index < -0.39 is 5.82 Å². The van der Waals surface area contributed by atoms with Crippen molar-refractivity contribution in [1.82, 2.24) is 14.7 Å². The molecule has 1 atom stereocenters. The number of nitrogens with zero attached hydrogens (tertiary/aromatic N) is 4. The highest BCUT2D eigenvalue weighted by Gasteiger charge is 2.52. The number of carbonyl (C=O) groups is 1. The van der Waals surface area contributed by atoms with Gasteiger partial charge in [-0.25, -0.2) is 9.37 Å². The first-order valence-corrected chi connectivity index (χ1v) is 13.1. The highest BCUT2D eigenvalue weighted by Crippen LogP contribution is 2.55. The van der Waals surface area contributed by atoms with Gasteiger partial charge in [0.15, 0.2) is 11.6 Å². The third-order valence-electron chi connectivity index (χ3n) is 8.48. The van der Waals surface area contributed by atoms with E-state index in [1.165, 1.54) is 13.2 Å². The van der Waals surface area contributed by atoms with Crippen molar-refractivity contribution in [3.63, 3.8) is 0 Å². The molecule has 0 N–H and O–H groups in total. The van der Waals surface area contributed by atoms with Gasteiger partial charge in [-0.3, -0.25) is 4.79 Å². The Labute approximate surface area is 219 Å². The zero-order valence-electron chi connectivity index (χ0n) is 21.7. The maximum absolute atomic E-state index is 14.7. The molecule has 2 aromatic heterocycles. The molecular formula is C29H29FN4O4. The van der Waals surface area contributed by atoms with E-state index in [4.69, 9.17) is 19.0 Å². The maximum atomic E-state index is 14.7. The van der Waals surface area contributed by atoms with Gasteiger partial charge in [-0.05, 0) is 62.9 Å². The molecule has 4 heterocycles. The summed E-state index contributed by atoms with van der Waals surface area (Å²) in [4.78, 5) is 20.0. The number of rotatable bonds is 5. The number of carbonyl (C=O) groups excluding carboxylic acids is 1. The zero-order chi connectivity index (χ0) is 26.2. The van der Waals surface area contributed by atoms with Gasteiger partial charge in [0.1, 0.15) is 11.6 Å². The second kappa shape index (κ2) is 8.39.